The topological polar surface area (TPSA) is 95.9 Å². The Morgan fingerprint density at radius 2 is 2.17 bits per heavy atom. The van der Waals surface area contributed by atoms with Gasteiger partial charge in [-0.15, -0.1) is 0 Å². The van der Waals surface area contributed by atoms with Crippen LogP contribution < -0.4 is 11.4 Å². The van der Waals surface area contributed by atoms with Crippen molar-refractivity contribution in [3.8, 4) is 5.69 Å². The number of hydrogen-bond donors (Lipinski definition) is 1. The van der Waals surface area contributed by atoms with Crippen LogP contribution in [0.25, 0.3) is 16.7 Å². The van der Waals surface area contributed by atoms with Crippen molar-refractivity contribution >= 4 is 16.9 Å². The van der Waals surface area contributed by atoms with E-state index in [-0.39, 0.29) is 11.7 Å². The summed E-state index contributed by atoms with van der Waals surface area (Å²) in [5.41, 5.74) is 8.28. The number of nitrogens with two attached hydrogens (primary N) is 1. The molecule has 1 atom stereocenters. The summed E-state index contributed by atoms with van der Waals surface area (Å²) in [4.78, 5) is 25.4. The lowest BCUT2D eigenvalue weighted by Gasteiger charge is -2.14. The smallest absolute Gasteiger partial charge is 0.355 e. The molecule has 7 nitrogen and oxygen atoms in total. The summed E-state index contributed by atoms with van der Waals surface area (Å²) >= 11 is 0. The molecule has 7 heteroatoms. The van der Waals surface area contributed by atoms with E-state index in [0.29, 0.717) is 23.3 Å². The molecule has 0 saturated carbocycles. The first-order valence-electron chi connectivity index (χ1n) is 7.84. The molecule has 24 heavy (non-hydrogen) atoms. The summed E-state index contributed by atoms with van der Waals surface area (Å²) in [5.74, 6) is 0.428. The van der Waals surface area contributed by atoms with Crippen molar-refractivity contribution in [2.45, 2.75) is 19.3 Å². The second-order valence-corrected chi connectivity index (χ2v) is 5.89. The number of aryl methyl sites for hydroxylation is 1. The fourth-order valence-corrected chi connectivity index (χ4v) is 3.06. The highest BCUT2D eigenvalue weighted by atomic mass is 16.5. The fourth-order valence-electron chi connectivity index (χ4n) is 3.06. The van der Waals surface area contributed by atoms with Gasteiger partial charge in [-0.05, 0) is 37.6 Å². The highest BCUT2D eigenvalue weighted by Crippen LogP contribution is 2.27. The van der Waals surface area contributed by atoms with E-state index < -0.39 is 5.69 Å². The zero-order valence-electron chi connectivity index (χ0n) is 13.3. The molecular formula is C17H17N5O2. The Balaban J connectivity index is 2.02. The van der Waals surface area contributed by atoms with Crippen LogP contribution in [0, 0.1) is 6.92 Å². The number of rotatable bonds is 2. The Hall–Kier alpha value is -2.80. The number of hydrogen-bond acceptors (Lipinski definition) is 6. The molecule has 4 rings (SSSR count). The highest BCUT2D eigenvalue weighted by Gasteiger charge is 2.21. The summed E-state index contributed by atoms with van der Waals surface area (Å²) in [6.45, 7) is 3.23. The first-order valence-corrected chi connectivity index (χ1v) is 7.84. The van der Waals surface area contributed by atoms with Crippen molar-refractivity contribution in [3.63, 3.8) is 0 Å². The van der Waals surface area contributed by atoms with E-state index in [1.165, 1.54) is 4.57 Å². The predicted octanol–water partition coefficient (Wildman–Crippen LogP) is 1.57. The summed E-state index contributed by atoms with van der Waals surface area (Å²) < 4.78 is 6.93. The zero-order chi connectivity index (χ0) is 16.7. The maximum Gasteiger partial charge on any atom is 0.355 e. The molecule has 3 aromatic heterocycles. The van der Waals surface area contributed by atoms with Crippen molar-refractivity contribution in [2.75, 3.05) is 18.9 Å². The summed E-state index contributed by atoms with van der Waals surface area (Å²) in [6.07, 6.45) is 2.61. The minimum absolute atomic E-state index is 0.189. The Morgan fingerprint density at radius 1 is 1.29 bits per heavy atom. The van der Waals surface area contributed by atoms with Gasteiger partial charge in [-0.3, -0.25) is 4.98 Å². The van der Waals surface area contributed by atoms with Gasteiger partial charge in [0.15, 0.2) is 5.65 Å². The number of ether oxygens (including phenoxy) is 1. The van der Waals surface area contributed by atoms with Crippen LogP contribution in [-0.4, -0.2) is 32.7 Å². The third kappa shape index (κ3) is 2.33. The lowest BCUT2D eigenvalue weighted by Crippen LogP contribution is -2.25. The van der Waals surface area contributed by atoms with Gasteiger partial charge in [0.05, 0.1) is 23.4 Å². The average Bonchev–Trinajstić information content (AvgIpc) is 3.10. The number of aromatic nitrogens is 4. The van der Waals surface area contributed by atoms with Crippen molar-refractivity contribution in [1.29, 1.82) is 0 Å². The van der Waals surface area contributed by atoms with Crippen molar-refractivity contribution in [3.05, 3.63) is 52.3 Å². The molecule has 1 aliphatic rings. The Labute approximate surface area is 138 Å². The van der Waals surface area contributed by atoms with Crippen LogP contribution in [-0.2, 0) is 4.74 Å². The van der Waals surface area contributed by atoms with Crippen LogP contribution >= 0.6 is 0 Å². The molecule has 122 valence electrons. The Bertz CT molecular complexity index is 976. The highest BCUT2D eigenvalue weighted by molar-refractivity contribution is 5.86. The minimum atomic E-state index is -0.455. The first kappa shape index (κ1) is 14.8. The van der Waals surface area contributed by atoms with Crippen LogP contribution in [0.5, 0.6) is 0 Å². The quantitative estimate of drug-likeness (QED) is 0.769. The Kier molecular flexibility index (Phi) is 3.50. The van der Waals surface area contributed by atoms with Crippen LogP contribution in [0.15, 0.2) is 35.3 Å². The summed E-state index contributed by atoms with van der Waals surface area (Å²) in [5, 5.41) is 0.653. The third-order valence-electron chi connectivity index (χ3n) is 4.36. The third-order valence-corrected chi connectivity index (χ3v) is 4.36. The lowest BCUT2D eigenvalue weighted by molar-refractivity contribution is 0.193. The van der Waals surface area contributed by atoms with Crippen LogP contribution in [0.4, 0.5) is 5.82 Å². The number of pyridine rings is 2. The van der Waals surface area contributed by atoms with Crippen molar-refractivity contribution < 1.29 is 4.74 Å². The number of nitrogens with zero attached hydrogens (tertiary/aromatic N) is 4. The molecule has 1 aliphatic heterocycles. The fraction of sp³-hybridized carbons (Fsp3) is 0.294. The lowest BCUT2D eigenvalue weighted by atomic mass is 10.0. The molecule has 0 radical (unpaired) electrons. The van der Waals surface area contributed by atoms with Gasteiger partial charge in [0.25, 0.3) is 0 Å². The first-order chi connectivity index (χ1) is 11.6. The van der Waals surface area contributed by atoms with E-state index in [2.05, 4.69) is 9.97 Å². The van der Waals surface area contributed by atoms with Gasteiger partial charge in [-0.25, -0.2) is 14.3 Å². The van der Waals surface area contributed by atoms with E-state index in [1.807, 2.05) is 25.1 Å². The van der Waals surface area contributed by atoms with E-state index in [4.69, 9.17) is 15.5 Å². The zero-order valence-corrected chi connectivity index (χ0v) is 13.3. The van der Waals surface area contributed by atoms with E-state index >= 15 is 0 Å². The van der Waals surface area contributed by atoms with E-state index in [9.17, 15) is 4.79 Å². The summed E-state index contributed by atoms with van der Waals surface area (Å²) in [6, 6.07) is 7.42. The molecule has 1 unspecified atom stereocenters. The molecule has 2 N–H and O–H groups in total. The van der Waals surface area contributed by atoms with E-state index in [1.54, 1.807) is 12.3 Å². The summed E-state index contributed by atoms with van der Waals surface area (Å²) in [7, 11) is 0. The van der Waals surface area contributed by atoms with Crippen LogP contribution in [0.2, 0.25) is 0 Å². The average molecular weight is 323 g/mol. The monoisotopic (exact) mass is 323 g/mol. The second-order valence-electron chi connectivity index (χ2n) is 5.89. The SMILES string of the molecule is Cc1ncccc1-n1c(=O)nc(N)c2ccc(C3CCOC3)nc21. The maximum absolute atomic E-state index is 12.5. The van der Waals surface area contributed by atoms with Gasteiger partial charge < -0.3 is 10.5 Å². The van der Waals surface area contributed by atoms with Crippen molar-refractivity contribution in [2.24, 2.45) is 0 Å². The molecule has 3 aromatic rings. The van der Waals surface area contributed by atoms with Crippen LogP contribution in [0.3, 0.4) is 0 Å². The number of nitrogen functional groups attached to an aromatic ring is 1. The Morgan fingerprint density at radius 3 is 2.92 bits per heavy atom. The predicted molar refractivity (Wildman–Crippen MR) is 90.3 cm³/mol. The number of fused-ring (bicyclic) bond motifs is 1. The molecule has 0 amide bonds. The molecule has 4 heterocycles. The molecule has 0 aliphatic carbocycles. The van der Waals surface area contributed by atoms with Gasteiger partial charge in [-0.1, -0.05) is 0 Å². The molecule has 0 bridgehead atoms. The molecule has 0 aromatic carbocycles. The number of anilines is 1. The van der Waals surface area contributed by atoms with Gasteiger partial charge in [0, 0.05) is 24.4 Å². The molecule has 1 saturated heterocycles. The van der Waals surface area contributed by atoms with Crippen LogP contribution in [0.1, 0.15) is 23.7 Å². The minimum Gasteiger partial charge on any atom is -0.383 e. The van der Waals surface area contributed by atoms with Gasteiger partial charge in [0.2, 0.25) is 0 Å². The normalized spacial score (nSPS) is 17.5. The van der Waals surface area contributed by atoms with Gasteiger partial charge in [-0.2, -0.15) is 4.98 Å². The largest absolute Gasteiger partial charge is 0.383 e. The second kappa shape index (κ2) is 5.68. The van der Waals surface area contributed by atoms with E-state index in [0.717, 1.165) is 24.4 Å². The molecular weight excluding hydrogens is 306 g/mol. The molecule has 0 spiro atoms. The van der Waals surface area contributed by atoms with Gasteiger partial charge in [0.1, 0.15) is 5.82 Å². The van der Waals surface area contributed by atoms with Gasteiger partial charge >= 0.3 is 5.69 Å². The maximum atomic E-state index is 12.5. The van der Waals surface area contributed by atoms with Crippen molar-refractivity contribution in [1.82, 2.24) is 19.5 Å². The standard InChI is InChI=1S/C17H17N5O2/c1-10-14(3-2-7-19-10)22-16-12(15(18)21-17(22)23)4-5-13(20-16)11-6-8-24-9-11/h2-5,7,11H,6,8-9H2,1H3,(H2,18,21,23). The molecule has 1 fully saturated rings.